The maximum atomic E-state index is 11.3. The van der Waals surface area contributed by atoms with Gasteiger partial charge in [-0.05, 0) is 25.5 Å². The molecule has 4 nitrogen and oxygen atoms in total. The molecule has 0 aliphatic heterocycles. The Morgan fingerprint density at radius 2 is 2.18 bits per heavy atom. The topological polar surface area (TPSA) is 58.6 Å². The van der Waals surface area contributed by atoms with Crippen LogP contribution in [0.4, 0.5) is 0 Å². The summed E-state index contributed by atoms with van der Waals surface area (Å²) in [6.45, 7) is 4.21. The first-order chi connectivity index (χ1) is 8.09. The van der Waals surface area contributed by atoms with Crippen molar-refractivity contribution in [2.45, 2.75) is 26.4 Å². The number of aliphatic hydroxyl groups is 1. The summed E-state index contributed by atoms with van der Waals surface area (Å²) in [5.74, 6) is 0.690. The highest BCUT2D eigenvalue weighted by Gasteiger charge is 2.04. The second-order valence-electron chi connectivity index (χ2n) is 4.02. The fourth-order valence-corrected chi connectivity index (χ4v) is 1.32. The zero-order chi connectivity index (χ0) is 12.7. The number of nitrogens with one attached hydrogen (secondary N) is 1. The fraction of sp³-hybridized carbons (Fsp3) is 0.462. The second kappa shape index (κ2) is 6.91. The van der Waals surface area contributed by atoms with Crippen molar-refractivity contribution in [2.24, 2.45) is 0 Å². The van der Waals surface area contributed by atoms with Crippen molar-refractivity contribution in [3.63, 3.8) is 0 Å². The number of carbonyl (C=O) groups excluding carboxylic acids is 1. The van der Waals surface area contributed by atoms with Crippen molar-refractivity contribution < 1.29 is 14.6 Å². The third kappa shape index (κ3) is 5.36. The van der Waals surface area contributed by atoms with Gasteiger partial charge >= 0.3 is 0 Å². The number of benzene rings is 1. The van der Waals surface area contributed by atoms with Crippen LogP contribution < -0.4 is 10.1 Å². The molecule has 1 rings (SSSR count). The first-order valence-corrected chi connectivity index (χ1v) is 5.73. The van der Waals surface area contributed by atoms with Crippen LogP contribution in [0.3, 0.4) is 0 Å². The lowest BCUT2D eigenvalue weighted by Crippen LogP contribution is -2.31. The number of aliphatic hydroxyl groups excluding tert-OH is 1. The lowest BCUT2D eigenvalue weighted by Gasteiger charge is -2.09. The average Bonchev–Trinajstić information content (AvgIpc) is 2.29. The molecule has 1 aromatic carbocycles. The Kier molecular flexibility index (Phi) is 5.49. The third-order valence-corrected chi connectivity index (χ3v) is 2.27. The van der Waals surface area contributed by atoms with Crippen LogP contribution in [-0.4, -0.2) is 30.3 Å². The molecule has 0 radical (unpaired) electrons. The van der Waals surface area contributed by atoms with Crippen LogP contribution in [0, 0.1) is 6.92 Å². The van der Waals surface area contributed by atoms with Crippen LogP contribution in [0.1, 0.15) is 18.9 Å². The molecular formula is C13H19NO3. The maximum Gasteiger partial charge on any atom is 0.223 e. The van der Waals surface area contributed by atoms with Gasteiger partial charge in [0.1, 0.15) is 5.75 Å². The molecule has 1 atom stereocenters. The minimum absolute atomic E-state index is 0.112. The minimum Gasteiger partial charge on any atom is -0.493 e. The molecule has 0 aliphatic carbocycles. The number of hydrogen-bond donors (Lipinski definition) is 2. The van der Waals surface area contributed by atoms with Gasteiger partial charge in [-0.25, -0.2) is 0 Å². The summed E-state index contributed by atoms with van der Waals surface area (Å²) in [5.41, 5.74) is 1.05. The van der Waals surface area contributed by atoms with E-state index in [9.17, 15) is 4.79 Å². The summed E-state index contributed by atoms with van der Waals surface area (Å²) in [6, 6.07) is 7.68. The van der Waals surface area contributed by atoms with E-state index in [2.05, 4.69) is 5.32 Å². The Hall–Kier alpha value is -1.55. The van der Waals surface area contributed by atoms with Crippen LogP contribution in [0.25, 0.3) is 0 Å². The number of ether oxygens (including phenoxy) is 1. The standard InChI is InChI=1S/C13H19NO3/c1-10-5-3-4-6-12(10)17-8-7-13(16)14-9-11(2)15/h3-6,11,15H,7-9H2,1-2H3,(H,14,16)/t11-/m1/s1. The van der Waals surface area contributed by atoms with Gasteiger partial charge in [0, 0.05) is 6.54 Å². The monoisotopic (exact) mass is 237 g/mol. The molecule has 4 heteroatoms. The van der Waals surface area contributed by atoms with Gasteiger partial charge in [0.25, 0.3) is 0 Å². The molecule has 0 aromatic heterocycles. The van der Waals surface area contributed by atoms with Crippen molar-refractivity contribution in [2.75, 3.05) is 13.2 Å². The average molecular weight is 237 g/mol. The van der Waals surface area contributed by atoms with Crippen molar-refractivity contribution >= 4 is 5.91 Å². The third-order valence-electron chi connectivity index (χ3n) is 2.27. The lowest BCUT2D eigenvalue weighted by molar-refractivity contribution is -0.122. The lowest BCUT2D eigenvalue weighted by atomic mass is 10.2. The Morgan fingerprint density at radius 3 is 2.82 bits per heavy atom. The van der Waals surface area contributed by atoms with Gasteiger partial charge in [-0.2, -0.15) is 0 Å². The number of hydrogen-bond acceptors (Lipinski definition) is 3. The Bertz CT molecular complexity index is 363. The Labute approximate surface area is 102 Å². The predicted octanol–water partition coefficient (Wildman–Crippen LogP) is 1.26. The van der Waals surface area contributed by atoms with E-state index in [1.54, 1.807) is 6.92 Å². The zero-order valence-corrected chi connectivity index (χ0v) is 10.3. The van der Waals surface area contributed by atoms with Crippen molar-refractivity contribution in [1.29, 1.82) is 0 Å². The first-order valence-electron chi connectivity index (χ1n) is 5.73. The highest BCUT2D eigenvalue weighted by atomic mass is 16.5. The molecule has 0 heterocycles. The summed E-state index contributed by atoms with van der Waals surface area (Å²) < 4.78 is 5.49. The van der Waals surface area contributed by atoms with E-state index in [0.29, 0.717) is 13.0 Å². The Balaban J connectivity index is 2.24. The van der Waals surface area contributed by atoms with E-state index in [1.807, 2.05) is 31.2 Å². The smallest absolute Gasteiger partial charge is 0.223 e. The second-order valence-corrected chi connectivity index (χ2v) is 4.02. The highest BCUT2D eigenvalue weighted by Crippen LogP contribution is 2.15. The molecule has 17 heavy (non-hydrogen) atoms. The predicted molar refractivity (Wildman–Crippen MR) is 66.0 cm³/mol. The molecule has 0 saturated heterocycles. The molecule has 0 aliphatic rings. The van der Waals surface area contributed by atoms with Crippen LogP contribution >= 0.6 is 0 Å². The Morgan fingerprint density at radius 1 is 1.47 bits per heavy atom. The van der Waals surface area contributed by atoms with E-state index in [-0.39, 0.29) is 12.5 Å². The number of carbonyl (C=O) groups is 1. The normalized spacial score (nSPS) is 11.9. The van der Waals surface area contributed by atoms with Crippen LogP contribution in [0.2, 0.25) is 0 Å². The fourth-order valence-electron chi connectivity index (χ4n) is 1.32. The SMILES string of the molecule is Cc1ccccc1OCCC(=O)NC[C@@H](C)O. The van der Waals surface area contributed by atoms with Gasteiger partial charge in [0.2, 0.25) is 5.91 Å². The number of aryl methyl sites for hydroxylation is 1. The van der Waals surface area contributed by atoms with E-state index < -0.39 is 6.10 Å². The van der Waals surface area contributed by atoms with E-state index in [1.165, 1.54) is 0 Å². The van der Waals surface area contributed by atoms with Crippen molar-refractivity contribution in [1.82, 2.24) is 5.32 Å². The molecule has 0 bridgehead atoms. The quantitative estimate of drug-likeness (QED) is 0.783. The van der Waals surface area contributed by atoms with Crippen molar-refractivity contribution in [3.8, 4) is 5.75 Å². The number of rotatable bonds is 6. The molecule has 1 aromatic rings. The molecule has 94 valence electrons. The van der Waals surface area contributed by atoms with Crippen molar-refractivity contribution in [3.05, 3.63) is 29.8 Å². The van der Waals surface area contributed by atoms with E-state index in [0.717, 1.165) is 11.3 Å². The summed E-state index contributed by atoms with van der Waals surface area (Å²) in [4.78, 5) is 11.3. The first kappa shape index (κ1) is 13.5. The molecule has 0 unspecified atom stereocenters. The molecule has 0 saturated carbocycles. The number of para-hydroxylation sites is 1. The molecular weight excluding hydrogens is 218 g/mol. The van der Waals surface area contributed by atoms with Gasteiger partial charge in [-0.1, -0.05) is 18.2 Å². The highest BCUT2D eigenvalue weighted by molar-refractivity contribution is 5.76. The molecule has 1 amide bonds. The van der Waals surface area contributed by atoms with Gasteiger partial charge in [-0.3, -0.25) is 4.79 Å². The maximum absolute atomic E-state index is 11.3. The van der Waals surface area contributed by atoms with Crippen LogP contribution in [0.5, 0.6) is 5.75 Å². The zero-order valence-electron chi connectivity index (χ0n) is 10.3. The molecule has 2 N–H and O–H groups in total. The van der Waals surface area contributed by atoms with Gasteiger partial charge < -0.3 is 15.2 Å². The number of amides is 1. The largest absolute Gasteiger partial charge is 0.493 e. The minimum atomic E-state index is -0.517. The van der Waals surface area contributed by atoms with Gasteiger partial charge in [0.15, 0.2) is 0 Å². The molecule has 0 spiro atoms. The van der Waals surface area contributed by atoms with Gasteiger partial charge in [0.05, 0.1) is 19.1 Å². The van der Waals surface area contributed by atoms with E-state index in [4.69, 9.17) is 9.84 Å². The van der Waals surface area contributed by atoms with Gasteiger partial charge in [-0.15, -0.1) is 0 Å². The van der Waals surface area contributed by atoms with Crippen LogP contribution in [-0.2, 0) is 4.79 Å². The summed E-state index contributed by atoms with van der Waals surface area (Å²) >= 11 is 0. The summed E-state index contributed by atoms with van der Waals surface area (Å²) in [6.07, 6.45) is -0.225. The summed E-state index contributed by atoms with van der Waals surface area (Å²) in [7, 11) is 0. The van der Waals surface area contributed by atoms with Crippen LogP contribution in [0.15, 0.2) is 24.3 Å². The van der Waals surface area contributed by atoms with E-state index >= 15 is 0 Å². The molecule has 0 fully saturated rings. The summed E-state index contributed by atoms with van der Waals surface area (Å²) in [5, 5.41) is 11.6.